The summed E-state index contributed by atoms with van der Waals surface area (Å²) in [6.45, 7) is 9.59. The van der Waals surface area contributed by atoms with Crippen LogP contribution < -0.4 is 5.32 Å². The highest BCUT2D eigenvalue weighted by atomic mass is 16.5. The van der Waals surface area contributed by atoms with E-state index in [-0.39, 0.29) is 0 Å². The summed E-state index contributed by atoms with van der Waals surface area (Å²) in [6, 6.07) is 0.612. The molecule has 94 valence electrons. The fraction of sp³-hybridized carbons (Fsp3) is 1.00. The molecule has 2 fully saturated rings. The fourth-order valence-corrected chi connectivity index (χ4v) is 3.30. The van der Waals surface area contributed by atoms with Crippen molar-refractivity contribution in [2.75, 3.05) is 19.8 Å². The summed E-state index contributed by atoms with van der Waals surface area (Å²) in [4.78, 5) is 0. The Kier molecular flexibility index (Phi) is 3.91. The maximum Gasteiger partial charge on any atom is 0.0471 e. The lowest BCUT2D eigenvalue weighted by atomic mass is 9.79. The Bertz CT molecular complexity index is 217. The van der Waals surface area contributed by atoms with Crippen LogP contribution in [-0.4, -0.2) is 25.8 Å². The first-order valence-electron chi connectivity index (χ1n) is 6.96. The van der Waals surface area contributed by atoms with E-state index in [4.69, 9.17) is 4.74 Å². The Labute approximate surface area is 100 Å². The number of ether oxygens (including phenoxy) is 1. The van der Waals surface area contributed by atoms with Crippen LogP contribution >= 0.6 is 0 Å². The quantitative estimate of drug-likeness (QED) is 0.673. The van der Waals surface area contributed by atoms with E-state index in [0.29, 0.717) is 11.5 Å². The van der Waals surface area contributed by atoms with E-state index in [2.05, 4.69) is 26.1 Å². The summed E-state index contributed by atoms with van der Waals surface area (Å²) in [5.74, 6) is 2.13. The van der Waals surface area contributed by atoms with E-state index >= 15 is 0 Å². The maximum atomic E-state index is 5.55. The Morgan fingerprint density at radius 1 is 1.31 bits per heavy atom. The Balaban J connectivity index is 1.81. The van der Waals surface area contributed by atoms with Gasteiger partial charge in [-0.15, -0.1) is 0 Å². The van der Waals surface area contributed by atoms with Crippen LogP contribution in [0.2, 0.25) is 0 Å². The highest BCUT2D eigenvalue weighted by molar-refractivity contribution is 5.04. The molecule has 0 saturated heterocycles. The summed E-state index contributed by atoms with van der Waals surface area (Å²) in [7, 11) is 0. The number of fused-ring (bicyclic) bond motifs is 1. The van der Waals surface area contributed by atoms with Crippen molar-refractivity contribution in [3.63, 3.8) is 0 Å². The average Bonchev–Trinajstić information content (AvgIpc) is 2.85. The standard InChI is InChI=1S/C14H27NO/c1-4-16-6-5-14(10-15-11(2)3)8-12-7-13(12)9-14/h11-13,15H,4-10H2,1-3H3. The summed E-state index contributed by atoms with van der Waals surface area (Å²) in [6.07, 6.45) is 5.67. The van der Waals surface area contributed by atoms with Crippen molar-refractivity contribution >= 4 is 0 Å². The number of hydrogen-bond donors (Lipinski definition) is 1. The van der Waals surface area contributed by atoms with Crippen LogP contribution in [0, 0.1) is 17.3 Å². The van der Waals surface area contributed by atoms with Crippen molar-refractivity contribution in [3.8, 4) is 0 Å². The molecule has 2 heteroatoms. The van der Waals surface area contributed by atoms with E-state index in [9.17, 15) is 0 Å². The second-order valence-electron chi connectivity index (χ2n) is 6.15. The summed E-state index contributed by atoms with van der Waals surface area (Å²) < 4.78 is 5.55. The molecule has 2 aliphatic rings. The normalized spacial score (nSPS) is 36.8. The summed E-state index contributed by atoms with van der Waals surface area (Å²) in [5.41, 5.74) is 0.563. The lowest BCUT2D eigenvalue weighted by Crippen LogP contribution is -2.37. The Morgan fingerprint density at radius 3 is 2.56 bits per heavy atom. The summed E-state index contributed by atoms with van der Waals surface area (Å²) in [5, 5.41) is 3.64. The van der Waals surface area contributed by atoms with Crippen LogP contribution in [0.25, 0.3) is 0 Å². The first-order valence-corrected chi connectivity index (χ1v) is 6.96. The molecule has 0 bridgehead atoms. The van der Waals surface area contributed by atoms with Crippen LogP contribution in [0.4, 0.5) is 0 Å². The zero-order valence-corrected chi connectivity index (χ0v) is 11.1. The second kappa shape index (κ2) is 5.05. The molecule has 0 aliphatic heterocycles. The van der Waals surface area contributed by atoms with Gasteiger partial charge in [0, 0.05) is 25.8 Å². The third-order valence-corrected chi connectivity index (χ3v) is 4.33. The molecule has 16 heavy (non-hydrogen) atoms. The fourth-order valence-electron chi connectivity index (χ4n) is 3.30. The van der Waals surface area contributed by atoms with Crippen LogP contribution in [-0.2, 0) is 4.74 Å². The molecule has 0 aromatic heterocycles. The van der Waals surface area contributed by atoms with E-state index in [1.165, 1.54) is 32.2 Å². The highest BCUT2D eigenvalue weighted by Gasteiger charge is 2.53. The van der Waals surface area contributed by atoms with Gasteiger partial charge in [0.1, 0.15) is 0 Å². The monoisotopic (exact) mass is 225 g/mol. The van der Waals surface area contributed by atoms with Gasteiger partial charge in [0.25, 0.3) is 0 Å². The predicted octanol–water partition coefficient (Wildman–Crippen LogP) is 2.83. The van der Waals surface area contributed by atoms with E-state index < -0.39 is 0 Å². The minimum Gasteiger partial charge on any atom is -0.382 e. The van der Waals surface area contributed by atoms with Crippen molar-refractivity contribution in [2.45, 2.75) is 52.5 Å². The molecule has 2 rings (SSSR count). The van der Waals surface area contributed by atoms with E-state index in [0.717, 1.165) is 25.0 Å². The van der Waals surface area contributed by atoms with E-state index in [1.54, 1.807) is 0 Å². The SMILES string of the molecule is CCOCCC1(CNC(C)C)CC2CC2C1. The van der Waals surface area contributed by atoms with Crippen LogP contribution in [0.5, 0.6) is 0 Å². The van der Waals surface area contributed by atoms with Crippen molar-refractivity contribution in [1.29, 1.82) is 0 Å². The molecule has 0 spiro atoms. The molecule has 0 aromatic rings. The van der Waals surface area contributed by atoms with Gasteiger partial charge in [-0.3, -0.25) is 0 Å². The molecule has 2 aliphatic carbocycles. The Hall–Kier alpha value is -0.0800. The predicted molar refractivity (Wildman–Crippen MR) is 67.5 cm³/mol. The van der Waals surface area contributed by atoms with Crippen molar-refractivity contribution < 1.29 is 4.74 Å². The first kappa shape index (κ1) is 12.4. The zero-order valence-electron chi connectivity index (χ0n) is 11.1. The molecule has 0 amide bonds. The van der Waals surface area contributed by atoms with Crippen LogP contribution in [0.1, 0.15) is 46.5 Å². The van der Waals surface area contributed by atoms with Crippen molar-refractivity contribution in [2.24, 2.45) is 17.3 Å². The molecule has 0 radical (unpaired) electrons. The lowest BCUT2D eigenvalue weighted by Gasteiger charge is -2.32. The van der Waals surface area contributed by atoms with Crippen molar-refractivity contribution in [1.82, 2.24) is 5.32 Å². The molecule has 2 atom stereocenters. The third-order valence-electron chi connectivity index (χ3n) is 4.33. The van der Waals surface area contributed by atoms with Gasteiger partial charge >= 0.3 is 0 Å². The van der Waals surface area contributed by atoms with Gasteiger partial charge in [-0.1, -0.05) is 13.8 Å². The summed E-state index contributed by atoms with van der Waals surface area (Å²) >= 11 is 0. The number of hydrogen-bond acceptors (Lipinski definition) is 2. The van der Waals surface area contributed by atoms with Gasteiger partial charge in [0.2, 0.25) is 0 Å². The molecule has 2 nitrogen and oxygen atoms in total. The molecular weight excluding hydrogens is 198 g/mol. The zero-order chi connectivity index (χ0) is 11.6. The molecule has 2 saturated carbocycles. The highest BCUT2D eigenvalue weighted by Crippen LogP contribution is 2.60. The third kappa shape index (κ3) is 2.98. The smallest absolute Gasteiger partial charge is 0.0471 e. The molecular formula is C14H27NO. The molecule has 2 unspecified atom stereocenters. The van der Waals surface area contributed by atoms with Crippen LogP contribution in [0.3, 0.4) is 0 Å². The second-order valence-corrected chi connectivity index (χ2v) is 6.15. The van der Waals surface area contributed by atoms with Crippen molar-refractivity contribution in [3.05, 3.63) is 0 Å². The van der Waals surface area contributed by atoms with Gasteiger partial charge in [-0.25, -0.2) is 0 Å². The number of rotatable bonds is 7. The minimum atomic E-state index is 0.563. The molecule has 1 N–H and O–H groups in total. The lowest BCUT2D eigenvalue weighted by molar-refractivity contribution is 0.0962. The number of nitrogens with one attached hydrogen (secondary N) is 1. The minimum absolute atomic E-state index is 0.563. The molecule has 0 heterocycles. The van der Waals surface area contributed by atoms with Gasteiger partial charge in [0.15, 0.2) is 0 Å². The topological polar surface area (TPSA) is 21.3 Å². The largest absolute Gasteiger partial charge is 0.382 e. The molecule has 0 aromatic carbocycles. The van der Waals surface area contributed by atoms with Gasteiger partial charge < -0.3 is 10.1 Å². The van der Waals surface area contributed by atoms with Crippen LogP contribution in [0.15, 0.2) is 0 Å². The van der Waals surface area contributed by atoms with E-state index in [1.807, 2.05) is 0 Å². The van der Waals surface area contributed by atoms with Gasteiger partial charge in [-0.05, 0) is 49.9 Å². The van der Waals surface area contributed by atoms with Gasteiger partial charge in [-0.2, -0.15) is 0 Å². The maximum absolute atomic E-state index is 5.55. The average molecular weight is 225 g/mol. The van der Waals surface area contributed by atoms with Gasteiger partial charge in [0.05, 0.1) is 0 Å². The Morgan fingerprint density at radius 2 is 2.00 bits per heavy atom. The first-order chi connectivity index (χ1) is 7.65.